The summed E-state index contributed by atoms with van der Waals surface area (Å²) in [5.41, 5.74) is -0.175. The molecule has 1 aliphatic carbocycles. The Bertz CT molecular complexity index is 492. The van der Waals surface area contributed by atoms with Crippen molar-refractivity contribution in [1.29, 1.82) is 0 Å². The molecular weight excluding hydrogens is 327 g/mol. The number of carbonyl (C=O) groups excluding carboxylic acids is 1. The molecule has 6 heteroatoms. The molecule has 3 N–H and O–H groups in total. The molecule has 4 nitrogen and oxygen atoms in total. The highest BCUT2D eigenvalue weighted by Crippen LogP contribution is 2.30. The molecule has 20 heavy (non-hydrogen) atoms. The molecule has 0 radical (unpaired) electrons. The van der Waals surface area contributed by atoms with Crippen molar-refractivity contribution in [3.63, 3.8) is 0 Å². The van der Waals surface area contributed by atoms with Crippen LogP contribution in [0.2, 0.25) is 0 Å². The molecule has 1 aromatic rings. The Morgan fingerprint density at radius 3 is 2.80 bits per heavy atom. The highest BCUT2D eigenvalue weighted by atomic mass is 79.9. The third-order valence-corrected chi connectivity index (χ3v) is 4.04. The van der Waals surface area contributed by atoms with E-state index in [0.29, 0.717) is 18.5 Å². The number of carbonyl (C=O) groups is 1. The van der Waals surface area contributed by atoms with Crippen molar-refractivity contribution in [2.24, 2.45) is 0 Å². The normalized spacial score (nSPS) is 16.4. The Hall–Kier alpha value is -1.14. The highest BCUT2D eigenvalue weighted by Gasteiger charge is 2.34. The summed E-state index contributed by atoms with van der Waals surface area (Å²) in [6.07, 6.45) is 2.89. The third-order valence-electron chi connectivity index (χ3n) is 3.55. The van der Waals surface area contributed by atoms with Crippen LogP contribution in [0.25, 0.3) is 0 Å². The van der Waals surface area contributed by atoms with Gasteiger partial charge in [-0.25, -0.2) is 9.18 Å². The maximum atomic E-state index is 13.5. The maximum absolute atomic E-state index is 13.5. The zero-order chi connectivity index (χ0) is 14.6. The van der Waals surface area contributed by atoms with Gasteiger partial charge < -0.3 is 15.7 Å². The number of benzene rings is 1. The fourth-order valence-corrected chi connectivity index (χ4v) is 2.52. The number of aliphatic hydroxyl groups is 1. The van der Waals surface area contributed by atoms with Crippen LogP contribution in [0.1, 0.15) is 24.8 Å². The molecule has 1 aromatic carbocycles. The van der Waals surface area contributed by atoms with Crippen LogP contribution in [0, 0.1) is 5.82 Å². The first kappa shape index (κ1) is 15.3. The van der Waals surface area contributed by atoms with Crippen LogP contribution in [0.3, 0.4) is 0 Å². The van der Waals surface area contributed by atoms with E-state index in [-0.39, 0.29) is 18.4 Å². The molecule has 0 unspecified atom stereocenters. The highest BCUT2D eigenvalue weighted by molar-refractivity contribution is 9.10. The molecule has 110 valence electrons. The smallest absolute Gasteiger partial charge is 0.314 e. The Balaban J connectivity index is 1.69. The van der Waals surface area contributed by atoms with Gasteiger partial charge in [0, 0.05) is 17.6 Å². The molecule has 1 saturated carbocycles. The van der Waals surface area contributed by atoms with Crippen LogP contribution in [0.5, 0.6) is 0 Å². The minimum atomic E-state index is -0.728. The molecule has 0 saturated heterocycles. The lowest BCUT2D eigenvalue weighted by atomic mass is 9.80. The van der Waals surface area contributed by atoms with Gasteiger partial charge >= 0.3 is 6.03 Å². The van der Waals surface area contributed by atoms with Crippen molar-refractivity contribution in [2.75, 3.05) is 13.1 Å². The lowest BCUT2D eigenvalue weighted by Gasteiger charge is -2.36. The monoisotopic (exact) mass is 344 g/mol. The Labute approximate surface area is 125 Å². The standard InChI is InChI=1S/C14H18BrFN2O2/c15-11-2-3-12(16)10(8-11)4-7-17-13(19)18-9-14(20)5-1-6-14/h2-3,8,20H,1,4-7,9H2,(H2,17,18,19). The van der Waals surface area contributed by atoms with Gasteiger partial charge in [0.2, 0.25) is 0 Å². The van der Waals surface area contributed by atoms with Crippen LogP contribution >= 0.6 is 15.9 Å². The fraction of sp³-hybridized carbons (Fsp3) is 0.500. The summed E-state index contributed by atoms with van der Waals surface area (Å²) >= 11 is 3.28. The Morgan fingerprint density at radius 2 is 2.15 bits per heavy atom. The summed E-state index contributed by atoms with van der Waals surface area (Å²) in [7, 11) is 0. The molecule has 1 aliphatic rings. The molecule has 1 fully saturated rings. The van der Waals surface area contributed by atoms with Gasteiger partial charge in [-0.15, -0.1) is 0 Å². The predicted octanol–water partition coefficient (Wildman–Crippen LogP) is 2.34. The summed E-state index contributed by atoms with van der Waals surface area (Å²) in [6, 6.07) is 4.40. The number of halogens is 2. The first-order chi connectivity index (χ1) is 9.48. The number of hydrogen-bond donors (Lipinski definition) is 3. The topological polar surface area (TPSA) is 61.4 Å². The van der Waals surface area contributed by atoms with E-state index < -0.39 is 5.60 Å². The van der Waals surface area contributed by atoms with Gasteiger partial charge in [0.1, 0.15) is 5.82 Å². The fourth-order valence-electron chi connectivity index (χ4n) is 2.11. The van der Waals surface area contributed by atoms with Crippen molar-refractivity contribution in [2.45, 2.75) is 31.3 Å². The number of rotatable bonds is 5. The molecule has 0 aliphatic heterocycles. The largest absolute Gasteiger partial charge is 0.388 e. The van der Waals surface area contributed by atoms with Crippen molar-refractivity contribution in [3.8, 4) is 0 Å². The number of hydrogen-bond acceptors (Lipinski definition) is 2. The second-order valence-corrected chi connectivity index (χ2v) is 6.09. The van der Waals surface area contributed by atoms with Crippen LogP contribution < -0.4 is 10.6 Å². The quantitative estimate of drug-likeness (QED) is 0.767. The lowest BCUT2D eigenvalue weighted by Crippen LogP contribution is -2.50. The maximum Gasteiger partial charge on any atom is 0.314 e. The second-order valence-electron chi connectivity index (χ2n) is 5.17. The zero-order valence-corrected chi connectivity index (χ0v) is 12.7. The summed E-state index contributed by atoms with van der Waals surface area (Å²) < 4.78 is 14.3. The first-order valence-corrected chi connectivity index (χ1v) is 7.46. The van der Waals surface area contributed by atoms with Crippen molar-refractivity contribution < 1.29 is 14.3 Å². The minimum Gasteiger partial charge on any atom is -0.388 e. The second kappa shape index (κ2) is 6.54. The van der Waals surface area contributed by atoms with E-state index in [1.807, 2.05) is 0 Å². The van der Waals surface area contributed by atoms with Gasteiger partial charge in [-0.1, -0.05) is 15.9 Å². The van der Waals surface area contributed by atoms with Crippen LogP contribution in [0.4, 0.5) is 9.18 Å². The number of nitrogens with one attached hydrogen (secondary N) is 2. The van der Waals surface area contributed by atoms with Gasteiger partial charge in [0.05, 0.1) is 5.60 Å². The number of amides is 2. The lowest BCUT2D eigenvalue weighted by molar-refractivity contribution is -0.0290. The Morgan fingerprint density at radius 1 is 1.40 bits per heavy atom. The molecule has 2 rings (SSSR count). The van der Waals surface area contributed by atoms with E-state index >= 15 is 0 Å². The number of urea groups is 1. The van der Waals surface area contributed by atoms with Gasteiger partial charge in [0.25, 0.3) is 0 Å². The molecule has 0 spiro atoms. The van der Waals surface area contributed by atoms with E-state index in [1.54, 1.807) is 12.1 Å². The van der Waals surface area contributed by atoms with E-state index in [0.717, 1.165) is 23.7 Å². The van der Waals surface area contributed by atoms with Gasteiger partial charge in [0.15, 0.2) is 0 Å². The SMILES string of the molecule is O=C(NCCc1cc(Br)ccc1F)NCC1(O)CCC1. The average Bonchev–Trinajstić information content (AvgIpc) is 2.38. The van der Waals surface area contributed by atoms with E-state index in [1.165, 1.54) is 6.07 Å². The van der Waals surface area contributed by atoms with Gasteiger partial charge in [-0.2, -0.15) is 0 Å². The summed E-state index contributed by atoms with van der Waals surface area (Å²) in [5.74, 6) is -0.279. The third kappa shape index (κ3) is 4.18. The van der Waals surface area contributed by atoms with Crippen molar-refractivity contribution in [3.05, 3.63) is 34.1 Å². The average molecular weight is 345 g/mol. The molecule has 0 atom stereocenters. The van der Waals surface area contributed by atoms with Crippen molar-refractivity contribution >= 4 is 22.0 Å². The molecule has 0 bridgehead atoms. The summed E-state index contributed by atoms with van der Waals surface area (Å²) in [4.78, 5) is 11.5. The minimum absolute atomic E-state index is 0.268. The van der Waals surface area contributed by atoms with Gasteiger partial charge in [-0.3, -0.25) is 0 Å². The van der Waals surface area contributed by atoms with Gasteiger partial charge in [-0.05, 0) is 49.4 Å². The Kier molecular flexibility index (Phi) is 4.99. The molecule has 0 heterocycles. The summed E-state index contributed by atoms with van der Waals surface area (Å²) in [5, 5.41) is 15.1. The van der Waals surface area contributed by atoms with Crippen LogP contribution in [0.15, 0.2) is 22.7 Å². The molecule has 2 amide bonds. The van der Waals surface area contributed by atoms with E-state index in [2.05, 4.69) is 26.6 Å². The predicted molar refractivity (Wildman–Crippen MR) is 78.0 cm³/mol. The van der Waals surface area contributed by atoms with E-state index in [4.69, 9.17) is 0 Å². The van der Waals surface area contributed by atoms with Crippen LogP contribution in [-0.2, 0) is 6.42 Å². The molecular formula is C14H18BrFN2O2. The summed E-state index contributed by atoms with van der Waals surface area (Å²) in [6.45, 7) is 0.613. The molecule has 0 aromatic heterocycles. The van der Waals surface area contributed by atoms with Crippen molar-refractivity contribution in [1.82, 2.24) is 10.6 Å². The first-order valence-electron chi connectivity index (χ1n) is 6.67. The van der Waals surface area contributed by atoms with Crippen LogP contribution in [-0.4, -0.2) is 29.8 Å². The van der Waals surface area contributed by atoms with E-state index in [9.17, 15) is 14.3 Å². The zero-order valence-electron chi connectivity index (χ0n) is 11.1.